The molecule has 4 heterocycles. The summed E-state index contributed by atoms with van der Waals surface area (Å²) in [5, 5.41) is 185. The van der Waals surface area contributed by atoms with Crippen LogP contribution >= 0.6 is 0 Å². The first-order chi connectivity index (χ1) is 47.7. The predicted molar refractivity (Wildman–Crippen MR) is 354 cm³/mol. The highest BCUT2D eigenvalue weighted by Gasteiger charge is 2.62. The van der Waals surface area contributed by atoms with Crippen LogP contribution in [-0.4, -0.2) is 290 Å². The van der Waals surface area contributed by atoms with Gasteiger partial charge in [-0.15, -0.1) is 0 Å². The molecular formula is C68H121N3O29. The zero-order valence-corrected chi connectivity index (χ0v) is 58.7. The first-order valence-corrected chi connectivity index (χ1v) is 36.2. The Labute approximate surface area is 586 Å². The summed E-state index contributed by atoms with van der Waals surface area (Å²) in [5.41, 5.74) is 0. The zero-order valence-electron chi connectivity index (χ0n) is 58.7. The molecule has 19 N–H and O–H groups in total. The van der Waals surface area contributed by atoms with Crippen LogP contribution in [0.3, 0.4) is 0 Å². The number of rotatable bonds is 50. The van der Waals surface area contributed by atoms with Gasteiger partial charge in [-0.05, 0) is 19.3 Å². The van der Waals surface area contributed by atoms with Gasteiger partial charge in [0.05, 0.1) is 69.5 Å². The number of unbranched alkanes of at least 4 members (excludes halogenated alkanes) is 23. The molecule has 4 aliphatic heterocycles. The van der Waals surface area contributed by atoms with Crippen molar-refractivity contribution in [2.45, 2.75) is 354 Å². The molecule has 4 fully saturated rings. The van der Waals surface area contributed by atoms with Gasteiger partial charge in [0, 0.05) is 33.1 Å². The number of amides is 3. The fourth-order valence-corrected chi connectivity index (χ4v) is 13.2. The van der Waals surface area contributed by atoms with Crippen molar-refractivity contribution < 1.29 is 144 Å². The lowest BCUT2D eigenvalue weighted by atomic mass is 9.87. The number of aliphatic carboxylic acids is 2. The molecule has 0 spiro atoms. The van der Waals surface area contributed by atoms with Crippen molar-refractivity contribution in [2.24, 2.45) is 0 Å². The van der Waals surface area contributed by atoms with Gasteiger partial charge < -0.3 is 136 Å². The number of allylic oxidation sites excluding steroid dienone is 1. The minimum atomic E-state index is -3.39. The van der Waals surface area contributed by atoms with Gasteiger partial charge in [0.1, 0.15) is 85.5 Å². The Kier molecular flexibility index (Phi) is 41.0. The molecule has 24 atom stereocenters. The van der Waals surface area contributed by atoms with Gasteiger partial charge in [-0.3, -0.25) is 14.4 Å². The van der Waals surface area contributed by atoms with Gasteiger partial charge in [0.15, 0.2) is 12.6 Å². The number of carbonyl (C=O) groups excluding carboxylic acids is 3. The van der Waals surface area contributed by atoms with E-state index >= 15 is 0 Å². The molecule has 3 unspecified atom stereocenters. The zero-order chi connectivity index (χ0) is 74.1. The third-order valence-electron chi connectivity index (χ3n) is 19.0. The van der Waals surface area contributed by atoms with Crippen LogP contribution in [0.5, 0.6) is 0 Å². The van der Waals surface area contributed by atoms with Crippen molar-refractivity contribution in [3.63, 3.8) is 0 Å². The van der Waals surface area contributed by atoms with E-state index < -0.39 is 216 Å². The molecule has 32 nitrogen and oxygen atoms in total. The first-order valence-electron chi connectivity index (χ1n) is 36.2. The molecule has 32 heteroatoms. The van der Waals surface area contributed by atoms with Crippen LogP contribution in [0, 0.1) is 0 Å². The van der Waals surface area contributed by atoms with E-state index in [-0.39, 0.29) is 12.3 Å². The van der Waals surface area contributed by atoms with Crippen LogP contribution in [0.4, 0.5) is 0 Å². The topological polar surface area (TPSA) is 519 Å². The van der Waals surface area contributed by atoms with E-state index in [4.69, 9.17) is 37.9 Å². The van der Waals surface area contributed by atoms with Gasteiger partial charge in [0.2, 0.25) is 17.7 Å². The number of carboxylic acids is 2. The third-order valence-corrected chi connectivity index (χ3v) is 19.0. The van der Waals surface area contributed by atoms with Crippen LogP contribution in [-0.2, 0) is 61.9 Å². The number of aliphatic hydroxyl groups excluding tert-OH is 14. The van der Waals surface area contributed by atoms with E-state index in [2.05, 4.69) is 29.8 Å². The van der Waals surface area contributed by atoms with E-state index in [1.807, 2.05) is 6.08 Å². The quantitative estimate of drug-likeness (QED) is 0.0271. The highest BCUT2D eigenvalue weighted by Crippen LogP contribution is 2.41. The average molecular weight is 1440 g/mol. The van der Waals surface area contributed by atoms with Crippen LogP contribution in [0.2, 0.25) is 0 Å². The van der Waals surface area contributed by atoms with Crippen molar-refractivity contribution in [1.82, 2.24) is 16.0 Å². The number of carboxylic acid groups (broad SMARTS) is 2. The molecule has 0 aromatic carbocycles. The maximum Gasteiger partial charge on any atom is 0.364 e. The summed E-state index contributed by atoms with van der Waals surface area (Å²) in [6, 6.07) is -4.73. The fourth-order valence-electron chi connectivity index (χ4n) is 13.2. The monoisotopic (exact) mass is 1440 g/mol. The Balaban J connectivity index is 1.52. The molecule has 0 radical (unpaired) electrons. The number of carbonyl (C=O) groups is 5. The smallest absolute Gasteiger partial charge is 0.364 e. The second kappa shape index (κ2) is 46.2. The third kappa shape index (κ3) is 27.3. The molecule has 582 valence electrons. The molecule has 4 rings (SSSR count). The number of hydrogen-bond acceptors (Lipinski definition) is 27. The van der Waals surface area contributed by atoms with Crippen molar-refractivity contribution in [1.29, 1.82) is 0 Å². The minimum Gasteiger partial charge on any atom is -0.477 e. The predicted octanol–water partition coefficient (Wildman–Crippen LogP) is -0.441. The second-order valence-electron chi connectivity index (χ2n) is 27.2. The fraction of sp³-hybridized carbons (Fsp3) is 0.897. The van der Waals surface area contributed by atoms with Crippen LogP contribution in [0.25, 0.3) is 0 Å². The molecule has 100 heavy (non-hydrogen) atoms. The molecule has 0 saturated carbocycles. The van der Waals surface area contributed by atoms with Crippen LogP contribution in [0.15, 0.2) is 12.2 Å². The Hall–Kier alpha value is -3.79. The summed E-state index contributed by atoms with van der Waals surface area (Å²) in [4.78, 5) is 64.9. The summed E-state index contributed by atoms with van der Waals surface area (Å²) in [7, 11) is 0. The van der Waals surface area contributed by atoms with E-state index in [0.717, 1.165) is 65.2 Å². The van der Waals surface area contributed by atoms with Gasteiger partial charge in [-0.1, -0.05) is 167 Å². The van der Waals surface area contributed by atoms with Gasteiger partial charge in [0.25, 0.3) is 11.6 Å². The largest absolute Gasteiger partial charge is 0.477 e. The summed E-state index contributed by atoms with van der Waals surface area (Å²) < 4.78 is 46.4. The highest BCUT2D eigenvalue weighted by molar-refractivity contribution is 5.78. The highest BCUT2D eigenvalue weighted by atomic mass is 16.8. The number of hydrogen-bond donors (Lipinski definition) is 19. The maximum atomic E-state index is 13.6. The minimum absolute atomic E-state index is 0.155. The lowest BCUT2D eigenvalue weighted by molar-refractivity contribution is -0.388. The van der Waals surface area contributed by atoms with E-state index in [1.54, 1.807) is 6.08 Å². The number of nitrogens with one attached hydrogen (secondary N) is 3. The van der Waals surface area contributed by atoms with E-state index in [1.165, 1.54) is 96.3 Å². The molecule has 0 bridgehead atoms. The standard InChI is InChI=1S/C68H121N3O29/c1-5-7-9-11-13-15-17-19-21-23-25-27-29-31-43(78)42(71-50(82)32-30-28-26-24-22-20-18-16-14-12-10-8-6-2)39-93-63-57(87)56(86)59(49(38-75)95-63)96-64-58(88)62(54(84)47(36-73)94-64)100-68(66(91)92)34-45(80)52(70-41(4)77)61(99-68)55(85)48(37-74)97-67(65(89)90)33-44(79)51(69-40(3)76)60(98-67)53(83)46(81)35-72/h29,31,42-49,51-64,72-75,78-81,83-88H,5-28,30,32-39H2,1-4H3,(H,69,76)(H,70,77)(H,71,82)(H,89,90)(H,91,92)/t42-,43+,44-,45-,46+,47+,48+,49+,51+,52+,53+,54-,55+,56+,57?,58+,59+,60?,61?,62-,63+,64-,67+,68-/m0/s1. The number of aliphatic hydroxyl groups is 14. The Bertz CT molecular complexity index is 2370. The van der Waals surface area contributed by atoms with E-state index in [0.29, 0.717) is 12.8 Å². The molecular weight excluding hydrogens is 1320 g/mol. The van der Waals surface area contributed by atoms with Crippen molar-refractivity contribution in [3.8, 4) is 0 Å². The average Bonchev–Trinajstić information content (AvgIpc) is 0.757. The number of ether oxygens (including phenoxy) is 8. The molecule has 0 aromatic rings. The van der Waals surface area contributed by atoms with Crippen molar-refractivity contribution >= 4 is 29.7 Å². The second-order valence-corrected chi connectivity index (χ2v) is 27.2. The molecule has 0 aromatic heterocycles. The van der Waals surface area contributed by atoms with Crippen LogP contribution < -0.4 is 16.0 Å². The van der Waals surface area contributed by atoms with Crippen molar-refractivity contribution in [2.75, 3.05) is 33.0 Å². The summed E-state index contributed by atoms with van der Waals surface area (Å²) in [6.07, 6.45) is -11.1. The Morgan fingerprint density at radius 1 is 0.540 bits per heavy atom. The SMILES string of the molecule is CCCCCCCCCCCCCC=C[C@@H](O)[C@H](CO[C@@H]1O[C@H](CO)[C@@H](O[C@@H]2O[C@H](CO)[C@H](O)[C@H](O[C@]3(C(=O)O)C[C@H](O)[C@@H](NC(C)=O)C([C@H](O)[C@@H](CO)O[C@]4(C(=O)O)C[C@H](O)[C@@H](NC(C)=O)C([C@H](O)[C@H](O)CO)O4)O3)[C@H]2O)[C@H](O)C1O)NC(=O)CCCCCCCCCCCCCCC. The van der Waals surface area contributed by atoms with Crippen LogP contribution in [0.1, 0.15) is 207 Å². The summed E-state index contributed by atoms with van der Waals surface area (Å²) >= 11 is 0. The Morgan fingerprint density at radius 2 is 1.00 bits per heavy atom. The van der Waals surface area contributed by atoms with Crippen molar-refractivity contribution in [3.05, 3.63) is 12.2 Å². The molecule has 3 amide bonds. The van der Waals surface area contributed by atoms with Gasteiger partial charge >= 0.3 is 11.9 Å². The molecule has 4 aliphatic rings. The van der Waals surface area contributed by atoms with Gasteiger partial charge in [-0.25, -0.2) is 9.59 Å². The molecule has 0 aliphatic carbocycles. The van der Waals surface area contributed by atoms with E-state index in [9.17, 15) is 106 Å². The lowest BCUT2D eigenvalue weighted by Gasteiger charge is -2.51. The van der Waals surface area contributed by atoms with Gasteiger partial charge in [-0.2, -0.15) is 0 Å². The maximum absolute atomic E-state index is 13.6. The normalized spacial score (nSPS) is 32.1. The lowest BCUT2D eigenvalue weighted by Crippen LogP contribution is -2.72. The first kappa shape index (κ1) is 88.6. The molecule has 4 saturated heterocycles. The summed E-state index contributed by atoms with van der Waals surface area (Å²) in [6.45, 7) is 1.08. The Morgan fingerprint density at radius 3 is 1.47 bits per heavy atom. The summed E-state index contributed by atoms with van der Waals surface area (Å²) in [5.74, 6) is -13.1.